The molecule has 7 heteroatoms. The van der Waals surface area contributed by atoms with Crippen molar-refractivity contribution >= 4 is 11.8 Å². The fourth-order valence-corrected chi connectivity index (χ4v) is 4.33. The van der Waals surface area contributed by atoms with Crippen molar-refractivity contribution in [1.29, 1.82) is 0 Å². The maximum Gasteiger partial charge on any atom is 0.244 e. The van der Waals surface area contributed by atoms with Crippen LogP contribution < -0.4 is 0 Å². The molecular weight excluding hydrogens is 306 g/mol. The van der Waals surface area contributed by atoms with Crippen LogP contribution >= 0.6 is 0 Å². The molecule has 0 aromatic carbocycles. The van der Waals surface area contributed by atoms with Gasteiger partial charge in [0.1, 0.15) is 19.2 Å². The predicted octanol–water partition coefficient (Wildman–Crippen LogP) is 0.919. The zero-order valence-corrected chi connectivity index (χ0v) is 14.1. The Morgan fingerprint density at radius 2 is 2.12 bits per heavy atom. The van der Waals surface area contributed by atoms with Crippen LogP contribution in [0.4, 0.5) is 0 Å². The van der Waals surface area contributed by atoms with Gasteiger partial charge in [-0.15, -0.1) is 0 Å². The van der Waals surface area contributed by atoms with Crippen molar-refractivity contribution in [2.75, 3.05) is 26.2 Å². The monoisotopic (exact) mass is 331 g/mol. The highest BCUT2D eigenvalue weighted by molar-refractivity contribution is 5.86. The second-order valence-electron chi connectivity index (χ2n) is 7.59. The van der Waals surface area contributed by atoms with E-state index in [2.05, 4.69) is 15.0 Å². The minimum atomic E-state index is -0.333. The molecule has 1 aliphatic carbocycles. The van der Waals surface area contributed by atoms with Gasteiger partial charge < -0.3 is 9.80 Å². The summed E-state index contributed by atoms with van der Waals surface area (Å²) in [4.78, 5) is 33.3. The third-order valence-corrected chi connectivity index (χ3v) is 6.00. The van der Waals surface area contributed by atoms with E-state index in [9.17, 15) is 9.59 Å². The van der Waals surface area contributed by atoms with Gasteiger partial charge in [0.15, 0.2) is 0 Å². The van der Waals surface area contributed by atoms with Gasteiger partial charge in [-0.1, -0.05) is 6.42 Å². The number of hydrogen-bond acceptors (Lipinski definition) is 4. The van der Waals surface area contributed by atoms with E-state index in [1.54, 1.807) is 11.0 Å². The molecule has 130 valence electrons. The van der Waals surface area contributed by atoms with Gasteiger partial charge in [0, 0.05) is 26.2 Å². The number of likely N-dealkylation sites (tertiary alicyclic amines) is 2. The highest BCUT2D eigenvalue weighted by Crippen LogP contribution is 2.41. The first-order valence-electron chi connectivity index (χ1n) is 9.06. The van der Waals surface area contributed by atoms with Crippen LogP contribution in [0.1, 0.15) is 38.5 Å². The zero-order valence-electron chi connectivity index (χ0n) is 14.1. The van der Waals surface area contributed by atoms with E-state index in [0.29, 0.717) is 19.0 Å². The van der Waals surface area contributed by atoms with Gasteiger partial charge in [-0.3, -0.25) is 9.59 Å². The van der Waals surface area contributed by atoms with Gasteiger partial charge in [0.05, 0.1) is 5.41 Å². The van der Waals surface area contributed by atoms with E-state index in [4.69, 9.17) is 0 Å². The molecule has 1 saturated carbocycles. The summed E-state index contributed by atoms with van der Waals surface area (Å²) < 4.78 is 1.54. The molecule has 1 atom stereocenters. The Hall–Kier alpha value is -1.92. The molecule has 3 aliphatic rings. The van der Waals surface area contributed by atoms with Gasteiger partial charge >= 0.3 is 0 Å². The zero-order chi connectivity index (χ0) is 16.6. The molecule has 1 spiro atoms. The van der Waals surface area contributed by atoms with E-state index in [0.717, 1.165) is 32.4 Å². The van der Waals surface area contributed by atoms with Crippen LogP contribution in [-0.2, 0) is 16.1 Å². The van der Waals surface area contributed by atoms with Crippen molar-refractivity contribution in [2.24, 2.45) is 11.3 Å². The Bertz CT molecular complexity index is 613. The van der Waals surface area contributed by atoms with Crippen molar-refractivity contribution in [2.45, 2.75) is 45.1 Å². The first kappa shape index (κ1) is 15.6. The lowest BCUT2D eigenvalue weighted by Gasteiger charge is -2.42. The molecule has 0 bridgehead atoms. The first-order chi connectivity index (χ1) is 11.7. The summed E-state index contributed by atoms with van der Waals surface area (Å²) in [6.45, 7) is 3.27. The molecule has 4 rings (SSSR count). The van der Waals surface area contributed by atoms with Crippen LogP contribution in [0, 0.1) is 11.3 Å². The van der Waals surface area contributed by atoms with E-state index < -0.39 is 0 Å². The fraction of sp³-hybridized carbons (Fsp3) is 0.765. The molecule has 2 saturated heterocycles. The molecule has 3 heterocycles. The van der Waals surface area contributed by atoms with Crippen LogP contribution in [0.5, 0.6) is 0 Å². The Kier molecular flexibility index (Phi) is 4.02. The number of carbonyl (C=O) groups excluding carboxylic acids is 2. The van der Waals surface area contributed by atoms with Gasteiger partial charge in [-0.25, -0.2) is 9.67 Å². The van der Waals surface area contributed by atoms with Gasteiger partial charge in [0.2, 0.25) is 11.8 Å². The Morgan fingerprint density at radius 1 is 1.25 bits per heavy atom. The average Bonchev–Trinajstić information content (AvgIpc) is 3.18. The lowest BCUT2D eigenvalue weighted by molar-refractivity contribution is -0.147. The molecule has 0 N–H and O–H groups in total. The van der Waals surface area contributed by atoms with Crippen molar-refractivity contribution in [3.63, 3.8) is 0 Å². The summed E-state index contributed by atoms with van der Waals surface area (Å²) in [5.41, 5.74) is -0.333. The average molecular weight is 331 g/mol. The first-order valence-corrected chi connectivity index (χ1v) is 9.06. The van der Waals surface area contributed by atoms with Crippen molar-refractivity contribution in [1.82, 2.24) is 24.6 Å². The quantitative estimate of drug-likeness (QED) is 0.822. The van der Waals surface area contributed by atoms with E-state index in [1.165, 1.54) is 25.6 Å². The van der Waals surface area contributed by atoms with E-state index >= 15 is 0 Å². The molecular formula is C17H25N5O2. The molecule has 0 radical (unpaired) electrons. The number of aromatic nitrogens is 3. The summed E-state index contributed by atoms with van der Waals surface area (Å²) in [6.07, 6.45) is 9.60. The van der Waals surface area contributed by atoms with Gasteiger partial charge in [-0.2, -0.15) is 5.10 Å². The lowest BCUT2D eigenvalue weighted by atomic mass is 9.77. The standard InChI is InChI=1S/C17H25N5O2/c23-15(10-22-13-18-12-19-22)21-8-6-17(11-21)5-2-7-20(16(17)24)9-14-3-1-4-14/h12-14H,1-11H2. The van der Waals surface area contributed by atoms with Crippen LogP contribution in [0.3, 0.4) is 0 Å². The summed E-state index contributed by atoms with van der Waals surface area (Å²) in [5, 5.41) is 3.99. The largest absolute Gasteiger partial charge is 0.342 e. The van der Waals surface area contributed by atoms with E-state index in [-0.39, 0.29) is 23.8 Å². The molecule has 2 aliphatic heterocycles. The lowest BCUT2D eigenvalue weighted by Crippen LogP contribution is -2.52. The second-order valence-corrected chi connectivity index (χ2v) is 7.59. The number of nitrogens with zero attached hydrogens (tertiary/aromatic N) is 5. The summed E-state index contributed by atoms with van der Waals surface area (Å²) in [5.74, 6) is 1.02. The molecule has 24 heavy (non-hydrogen) atoms. The third-order valence-electron chi connectivity index (χ3n) is 6.00. The highest BCUT2D eigenvalue weighted by atomic mass is 16.2. The van der Waals surface area contributed by atoms with Gasteiger partial charge in [-0.05, 0) is 38.0 Å². The SMILES string of the molecule is O=C(Cn1cncn1)N1CCC2(CCCN(CC3CCC3)C2=O)C1. The Labute approximate surface area is 142 Å². The molecule has 1 aromatic rings. The number of amides is 2. The summed E-state index contributed by atoms with van der Waals surface area (Å²) in [6, 6.07) is 0. The maximum absolute atomic E-state index is 13.1. The molecule has 1 aromatic heterocycles. The highest BCUT2D eigenvalue weighted by Gasteiger charge is 2.49. The fourth-order valence-electron chi connectivity index (χ4n) is 4.33. The predicted molar refractivity (Wildman–Crippen MR) is 86.8 cm³/mol. The van der Waals surface area contributed by atoms with Gasteiger partial charge in [0.25, 0.3) is 0 Å². The number of piperidine rings is 1. The molecule has 7 nitrogen and oxygen atoms in total. The Morgan fingerprint density at radius 3 is 2.83 bits per heavy atom. The number of carbonyl (C=O) groups is 2. The van der Waals surface area contributed by atoms with E-state index in [1.807, 2.05) is 4.90 Å². The van der Waals surface area contributed by atoms with Crippen LogP contribution in [0.15, 0.2) is 12.7 Å². The smallest absolute Gasteiger partial charge is 0.244 e. The minimum Gasteiger partial charge on any atom is -0.342 e. The summed E-state index contributed by atoms with van der Waals surface area (Å²) >= 11 is 0. The number of hydrogen-bond donors (Lipinski definition) is 0. The van der Waals surface area contributed by atoms with Crippen LogP contribution in [0.25, 0.3) is 0 Å². The second kappa shape index (κ2) is 6.18. The van der Waals surface area contributed by atoms with Crippen molar-refractivity contribution in [3.05, 3.63) is 12.7 Å². The Balaban J connectivity index is 1.39. The summed E-state index contributed by atoms with van der Waals surface area (Å²) in [7, 11) is 0. The minimum absolute atomic E-state index is 0.0290. The number of rotatable bonds is 4. The maximum atomic E-state index is 13.1. The normalized spacial score (nSPS) is 27.8. The molecule has 1 unspecified atom stereocenters. The van der Waals surface area contributed by atoms with Crippen molar-refractivity contribution < 1.29 is 9.59 Å². The third kappa shape index (κ3) is 2.80. The van der Waals surface area contributed by atoms with Crippen LogP contribution in [0.2, 0.25) is 0 Å². The molecule has 3 fully saturated rings. The van der Waals surface area contributed by atoms with Crippen molar-refractivity contribution in [3.8, 4) is 0 Å². The topological polar surface area (TPSA) is 71.3 Å². The molecule has 2 amide bonds. The van der Waals surface area contributed by atoms with Crippen LogP contribution in [-0.4, -0.2) is 62.6 Å².